The monoisotopic (exact) mass is 397 g/mol. The van der Waals surface area contributed by atoms with Crippen LogP contribution in [-0.4, -0.2) is 45.2 Å². The first-order chi connectivity index (χ1) is 13.9. The molecule has 1 aliphatic rings. The van der Waals surface area contributed by atoms with Crippen LogP contribution in [0.1, 0.15) is 50.3 Å². The number of benzene rings is 1. The summed E-state index contributed by atoms with van der Waals surface area (Å²) < 4.78 is 1.78. The van der Waals surface area contributed by atoms with Gasteiger partial charge in [-0.25, -0.2) is 9.67 Å². The zero-order chi connectivity index (χ0) is 20.8. The highest BCUT2D eigenvalue weighted by Crippen LogP contribution is 2.27. The smallest absolute Gasteiger partial charge is 0.226 e. The molecule has 158 valence electrons. The summed E-state index contributed by atoms with van der Waals surface area (Å²) in [6.07, 6.45) is 4.06. The molecule has 6 nitrogen and oxygen atoms in total. The zero-order valence-electron chi connectivity index (χ0n) is 18.3. The molecule has 0 saturated carbocycles. The van der Waals surface area contributed by atoms with Gasteiger partial charge in [-0.15, -0.1) is 0 Å². The first-order valence-corrected chi connectivity index (χ1v) is 10.9. The Labute approximate surface area is 174 Å². The second-order valence-electron chi connectivity index (χ2n) is 8.38. The van der Waals surface area contributed by atoms with E-state index in [9.17, 15) is 4.79 Å². The minimum absolute atomic E-state index is 0.00168. The van der Waals surface area contributed by atoms with Gasteiger partial charge in [-0.05, 0) is 75.7 Å². The maximum atomic E-state index is 12.2. The van der Waals surface area contributed by atoms with Crippen molar-refractivity contribution in [2.45, 2.75) is 59.9 Å². The highest BCUT2D eigenvalue weighted by molar-refractivity contribution is 5.90. The highest BCUT2D eigenvalue weighted by atomic mass is 16.1. The molecule has 3 rings (SSSR count). The molecule has 1 aliphatic heterocycles. The lowest BCUT2D eigenvalue weighted by atomic mass is 9.83. The molecule has 1 aromatic heterocycles. The van der Waals surface area contributed by atoms with E-state index in [4.69, 9.17) is 0 Å². The van der Waals surface area contributed by atoms with Gasteiger partial charge in [0.15, 0.2) is 0 Å². The van der Waals surface area contributed by atoms with E-state index in [0.717, 1.165) is 35.6 Å². The van der Waals surface area contributed by atoms with E-state index in [1.54, 1.807) is 4.68 Å². The molecule has 29 heavy (non-hydrogen) atoms. The number of aryl methyl sites for hydroxylation is 4. The predicted octanol–water partition coefficient (Wildman–Crippen LogP) is 3.83. The summed E-state index contributed by atoms with van der Waals surface area (Å²) in [4.78, 5) is 19.1. The summed E-state index contributed by atoms with van der Waals surface area (Å²) in [6, 6.07) is 8.32. The molecule has 0 aliphatic carbocycles. The Bertz CT molecular complexity index is 798. The maximum absolute atomic E-state index is 12.2. The average molecular weight is 398 g/mol. The van der Waals surface area contributed by atoms with Gasteiger partial charge >= 0.3 is 0 Å². The van der Waals surface area contributed by atoms with Crippen LogP contribution in [0.25, 0.3) is 0 Å². The number of likely N-dealkylation sites (tertiary alicyclic amines) is 1. The van der Waals surface area contributed by atoms with Gasteiger partial charge in [-0.2, -0.15) is 5.10 Å². The van der Waals surface area contributed by atoms with Crippen LogP contribution in [0.4, 0.5) is 5.69 Å². The lowest BCUT2D eigenvalue weighted by Gasteiger charge is -2.36. The Kier molecular flexibility index (Phi) is 7.42. The number of anilines is 1. The van der Waals surface area contributed by atoms with Gasteiger partial charge in [0.25, 0.3) is 0 Å². The Hall–Kier alpha value is -2.21. The summed E-state index contributed by atoms with van der Waals surface area (Å²) in [5, 5.41) is 7.28. The third-order valence-electron chi connectivity index (χ3n) is 6.17. The van der Waals surface area contributed by atoms with E-state index >= 15 is 0 Å². The number of hydrogen-bond donors (Lipinski definition) is 1. The van der Waals surface area contributed by atoms with Crippen molar-refractivity contribution in [2.75, 3.05) is 25.0 Å². The van der Waals surface area contributed by atoms with Crippen LogP contribution in [0, 0.1) is 25.7 Å². The number of nitrogens with zero attached hydrogens (tertiary/aromatic N) is 4. The predicted molar refractivity (Wildman–Crippen MR) is 117 cm³/mol. The van der Waals surface area contributed by atoms with E-state index < -0.39 is 0 Å². The molecule has 1 N–H and O–H groups in total. The summed E-state index contributed by atoms with van der Waals surface area (Å²) in [5.74, 6) is 3.18. The van der Waals surface area contributed by atoms with Crippen molar-refractivity contribution in [3.8, 4) is 0 Å². The second-order valence-corrected chi connectivity index (χ2v) is 8.38. The molecular weight excluding hydrogens is 362 g/mol. The third kappa shape index (κ3) is 6.13. The minimum atomic E-state index is 0.00168. The first-order valence-electron chi connectivity index (χ1n) is 10.9. The van der Waals surface area contributed by atoms with Gasteiger partial charge in [0, 0.05) is 18.7 Å². The molecule has 2 atom stereocenters. The molecule has 0 bridgehead atoms. The largest absolute Gasteiger partial charge is 0.326 e. The molecule has 0 radical (unpaired) electrons. The van der Waals surface area contributed by atoms with Gasteiger partial charge in [0.2, 0.25) is 5.91 Å². The van der Waals surface area contributed by atoms with Crippen LogP contribution in [0.3, 0.4) is 0 Å². The van der Waals surface area contributed by atoms with Crippen LogP contribution < -0.4 is 5.32 Å². The fourth-order valence-corrected chi connectivity index (χ4v) is 4.31. The van der Waals surface area contributed by atoms with Crippen molar-refractivity contribution in [3.63, 3.8) is 0 Å². The molecule has 1 saturated heterocycles. The van der Waals surface area contributed by atoms with Gasteiger partial charge < -0.3 is 10.2 Å². The molecule has 6 heteroatoms. The van der Waals surface area contributed by atoms with E-state index in [1.165, 1.54) is 38.0 Å². The van der Waals surface area contributed by atoms with E-state index in [-0.39, 0.29) is 5.91 Å². The van der Waals surface area contributed by atoms with Crippen molar-refractivity contribution >= 4 is 11.6 Å². The lowest BCUT2D eigenvalue weighted by molar-refractivity contribution is -0.116. The quantitative estimate of drug-likeness (QED) is 0.735. The minimum Gasteiger partial charge on any atom is -0.326 e. The number of amides is 1. The van der Waals surface area contributed by atoms with E-state index in [1.807, 2.05) is 26.0 Å². The summed E-state index contributed by atoms with van der Waals surface area (Å²) in [7, 11) is 0. The maximum Gasteiger partial charge on any atom is 0.226 e. The molecule has 1 aromatic carbocycles. The zero-order valence-corrected chi connectivity index (χ0v) is 18.3. The van der Waals surface area contributed by atoms with Crippen molar-refractivity contribution in [3.05, 3.63) is 41.5 Å². The average Bonchev–Trinajstić information content (AvgIpc) is 3.03. The van der Waals surface area contributed by atoms with Crippen molar-refractivity contribution in [2.24, 2.45) is 11.8 Å². The van der Waals surface area contributed by atoms with Crippen molar-refractivity contribution in [1.29, 1.82) is 0 Å². The number of piperidine rings is 1. The van der Waals surface area contributed by atoms with Crippen molar-refractivity contribution in [1.82, 2.24) is 19.7 Å². The summed E-state index contributed by atoms with van der Waals surface area (Å²) in [5.41, 5.74) is 2.21. The van der Waals surface area contributed by atoms with Gasteiger partial charge in [0.05, 0.1) is 6.54 Å². The van der Waals surface area contributed by atoms with Crippen LogP contribution in [0.2, 0.25) is 0 Å². The van der Waals surface area contributed by atoms with Crippen LogP contribution in [0.15, 0.2) is 24.3 Å². The molecule has 2 heterocycles. The van der Waals surface area contributed by atoms with E-state index in [2.05, 4.69) is 46.3 Å². The van der Waals surface area contributed by atoms with Crippen LogP contribution in [-0.2, 0) is 17.8 Å². The number of carbonyl (C=O) groups is 1. The Morgan fingerprint density at radius 1 is 1.24 bits per heavy atom. The Balaban J connectivity index is 1.42. The number of rotatable bonds is 8. The van der Waals surface area contributed by atoms with Gasteiger partial charge in [-0.1, -0.05) is 26.0 Å². The number of nitrogens with one attached hydrogen (secondary N) is 1. The van der Waals surface area contributed by atoms with Gasteiger partial charge in [-0.3, -0.25) is 4.79 Å². The normalized spacial score (nSPS) is 20.0. The number of aromatic nitrogens is 3. The number of hydrogen-bond acceptors (Lipinski definition) is 4. The fourth-order valence-electron chi connectivity index (χ4n) is 4.31. The van der Waals surface area contributed by atoms with E-state index in [0.29, 0.717) is 13.0 Å². The standard InChI is InChI=1S/C23H35N5O/c1-5-27-14-12-21(17(2)16-27)9-6-20-7-10-22(11-8-20)25-23(29)13-15-28-19(4)24-18(3)26-28/h7-8,10-11,17,21H,5-6,9,12-16H2,1-4H3,(H,25,29)/t17-,21-/m0/s1. The summed E-state index contributed by atoms with van der Waals surface area (Å²) >= 11 is 0. The number of carbonyl (C=O) groups excluding carboxylic acids is 1. The third-order valence-corrected chi connectivity index (χ3v) is 6.17. The Morgan fingerprint density at radius 2 is 2.00 bits per heavy atom. The first kappa shape index (κ1) is 21.5. The molecule has 1 fully saturated rings. The van der Waals surface area contributed by atoms with Crippen LogP contribution >= 0.6 is 0 Å². The fraction of sp³-hybridized carbons (Fsp3) is 0.609. The lowest BCUT2D eigenvalue weighted by Crippen LogP contribution is -2.39. The molecule has 0 unspecified atom stereocenters. The molecule has 2 aromatic rings. The van der Waals surface area contributed by atoms with Crippen LogP contribution in [0.5, 0.6) is 0 Å². The molecule has 0 spiro atoms. The van der Waals surface area contributed by atoms with Crippen molar-refractivity contribution < 1.29 is 4.79 Å². The molecular formula is C23H35N5O. The molecule has 1 amide bonds. The topological polar surface area (TPSA) is 63.1 Å². The SMILES string of the molecule is CCN1CC[C@H](CCc2ccc(NC(=O)CCn3nc(C)nc3C)cc2)[C@@H](C)C1. The Morgan fingerprint density at radius 3 is 2.62 bits per heavy atom. The summed E-state index contributed by atoms with van der Waals surface area (Å²) in [6.45, 7) is 12.6. The second kappa shape index (κ2) is 10.0. The highest BCUT2D eigenvalue weighted by Gasteiger charge is 2.24. The van der Waals surface area contributed by atoms with Gasteiger partial charge in [0.1, 0.15) is 11.6 Å².